The summed E-state index contributed by atoms with van der Waals surface area (Å²) in [5.41, 5.74) is -0.701. The number of aromatic nitrogens is 2. The molecule has 24 heavy (non-hydrogen) atoms. The number of anilines is 2. The molecule has 0 unspecified atom stereocenters. The number of rotatable bonds is 6. The van der Waals surface area contributed by atoms with Crippen LogP contribution in [0, 0.1) is 0 Å². The Morgan fingerprint density at radius 1 is 1.38 bits per heavy atom. The summed E-state index contributed by atoms with van der Waals surface area (Å²) < 4.78 is 38.6. The molecule has 130 valence electrons. The van der Waals surface area contributed by atoms with Gasteiger partial charge in [-0.3, -0.25) is 4.79 Å². The maximum atomic E-state index is 12.7. The zero-order valence-electron chi connectivity index (χ0n) is 12.8. The Balaban J connectivity index is 1.98. The Morgan fingerprint density at radius 3 is 2.79 bits per heavy atom. The molecule has 1 heterocycles. The van der Waals surface area contributed by atoms with Crippen molar-refractivity contribution in [1.82, 2.24) is 10.2 Å². The van der Waals surface area contributed by atoms with Crippen molar-refractivity contribution < 1.29 is 18.0 Å². The molecule has 0 saturated heterocycles. The first-order valence-corrected chi connectivity index (χ1v) is 8.71. The van der Waals surface area contributed by atoms with E-state index < -0.39 is 22.9 Å². The monoisotopic (exact) mass is 376 g/mol. The van der Waals surface area contributed by atoms with E-state index in [0.717, 1.165) is 12.1 Å². The van der Waals surface area contributed by atoms with Crippen molar-refractivity contribution in [2.24, 2.45) is 0 Å². The van der Waals surface area contributed by atoms with Crippen LogP contribution in [0.2, 0.25) is 0 Å². The minimum Gasteiger partial charge on any atom is -0.360 e. The third kappa shape index (κ3) is 5.10. The second-order valence-electron chi connectivity index (χ2n) is 4.73. The molecule has 1 aromatic heterocycles. The number of benzene rings is 1. The molecule has 0 radical (unpaired) electrons. The molecule has 0 spiro atoms. The number of hydrogen-bond acceptors (Lipinski definition) is 6. The Hall–Kier alpha value is -1.81. The molecule has 1 amide bonds. The quantitative estimate of drug-likeness (QED) is 0.743. The van der Waals surface area contributed by atoms with E-state index in [9.17, 15) is 18.0 Å². The van der Waals surface area contributed by atoms with Crippen molar-refractivity contribution in [2.75, 3.05) is 17.2 Å². The van der Waals surface area contributed by atoms with Gasteiger partial charge in [0.15, 0.2) is 4.34 Å². The molecule has 2 aromatic rings. The van der Waals surface area contributed by atoms with Crippen molar-refractivity contribution >= 4 is 39.8 Å². The normalized spacial score (nSPS) is 12.7. The number of amides is 1. The highest BCUT2D eigenvalue weighted by atomic mass is 32.2. The third-order valence-electron chi connectivity index (χ3n) is 2.84. The van der Waals surface area contributed by atoms with Crippen LogP contribution in [-0.4, -0.2) is 27.9 Å². The van der Waals surface area contributed by atoms with Crippen LogP contribution < -0.4 is 10.6 Å². The van der Waals surface area contributed by atoms with Gasteiger partial charge in [0.2, 0.25) is 11.0 Å². The summed E-state index contributed by atoms with van der Waals surface area (Å²) in [7, 11) is 0. The van der Waals surface area contributed by atoms with E-state index in [1.165, 1.54) is 35.2 Å². The first kappa shape index (κ1) is 18.5. The SMILES string of the molecule is CCNc1nnc(S[C@@H](C)C(=O)Nc2cccc(C(F)(F)F)c2)s1. The Morgan fingerprint density at radius 2 is 2.12 bits per heavy atom. The fraction of sp³-hybridized carbons (Fsp3) is 0.357. The summed E-state index contributed by atoms with van der Waals surface area (Å²) in [5.74, 6) is -0.403. The average molecular weight is 376 g/mol. The summed E-state index contributed by atoms with van der Waals surface area (Å²) in [6.07, 6.45) is -4.45. The van der Waals surface area contributed by atoms with Crippen molar-refractivity contribution in [3.63, 3.8) is 0 Å². The number of carbonyl (C=O) groups is 1. The van der Waals surface area contributed by atoms with Crippen LogP contribution in [0.5, 0.6) is 0 Å². The highest BCUT2D eigenvalue weighted by Gasteiger charge is 2.30. The van der Waals surface area contributed by atoms with E-state index in [4.69, 9.17) is 0 Å². The second-order valence-corrected chi connectivity index (χ2v) is 7.30. The van der Waals surface area contributed by atoms with Gasteiger partial charge in [-0.1, -0.05) is 29.2 Å². The average Bonchev–Trinajstić information content (AvgIpc) is 2.94. The van der Waals surface area contributed by atoms with Crippen LogP contribution in [-0.2, 0) is 11.0 Å². The van der Waals surface area contributed by atoms with Gasteiger partial charge in [-0.25, -0.2) is 0 Å². The second kappa shape index (κ2) is 7.84. The van der Waals surface area contributed by atoms with Gasteiger partial charge in [0.1, 0.15) is 0 Å². The molecule has 0 aliphatic heterocycles. The summed E-state index contributed by atoms with van der Waals surface area (Å²) >= 11 is 2.51. The maximum absolute atomic E-state index is 12.7. The summed E-state index contributed by atoms with van der Waals surface area (Å²) in [6, 6.07) is 4.53. The van der Waals surface area contributed by atoms with Crippen LogP contribution in [0.15, 0.2) is 28.6 Å². The molecule has 2 rings (SSSR count). The highest BCUT2D eigenvalue weighted by Crippen LogP contribution is 2.32. The van der Waals surface area contributed by atoms with Crippen LogP contribution >= 0.6 is 23.1 Å². The molecule has 0 saturated carbocycles. The molecule has 10 heteroatoms. The van der Waals surface area contributed by atoms with E-state index in [0.29, 0.717) is 16.0 Å². The molecular weight excluding hydrogens is 361 g/mol. The van der Waals surface area contributed by atoms with Crippen LogP contribution in [0.1, 0.15) is 19.4 Å². The lowest BCUT2D eigenvalue weighted by Gasteiger charge is -2.12. The molecule has 2 N–H and O–H groups in total. The number of thioether (sulfide) groups is 1. The molecule has 0 bridgehead atoms. The summed E-state index contributed by atoms with van der Waals surface area (Å²) in [5, 5.41) is 13.5. The van der Waals surface area contributed by atoms with Gasteiger partial charge in [0, 0.05) is 12.2 Å². The predicted molar refractivity (Wildman–Crippen MR) is 89.5 cm³/mol. The maximum Gasteiger partial charge on any atom is 0.416 e. The van der Waals surface area contributed by atoms with Gasteiger partial charge >= 0.3 is 6.18 Å². The number of carbonyl (C=O) groups excluding carboxylic acids is 1. The van der Waals surface area contributed by atoms with Crippen molar-refractivity contribution in [2.45, 2.75) is 29.6 Å². The lowest BCUT2D eigenvalue weighted by atomic mass is 10.2. The fourth-order valence-corrected chi connectivity index (χ4v) is 3.67. The van der Waals surface area contributed by atoms with E-state index in [1.54, 1.807) is 6.92 Å². The minimum absolute atomic E-state index is 0.105. The standard InChI is InChI=1S/C14H15F3N4OS2/c1-3-18-12-20-21-13(24-12)23-8(2)11(22)19-10-6-4-5-9(7-10)14(15,16)17/h4-8H,3H2,1-2H3,(H,18,20)(H,19,22)/t8-/m0/s1. The molecule has 1 atom stereocenters. The Labute approximate surface area is 145 Å². The van der Waals surface area contributed by atoms with E-state index in [-0.39, 0.29) is 5.69 Å². The van der Waals surface area contributed by atoms with Crippen LogP contribution in [0.4, 0.5) is 24.0 Å². The number of nitrogens with one attached hydrogen (secondary N) is 2. The van der Waals surface area contributed by atoms with Crippen molar-refractivity contribution in [1.29, 1.82) is 0 Å². The van der Waals surface area contributed by atoms with Crippen LogP contribution in [0.25, 0.3) is 0 Å². The fourth-order valence-electron chi connectivity index (χ4n) is 1.70. The molecule has 5 nitrogen and oxygen atoms in total. The van der Waals surface area contributed by atoms with E-state index in [2.05, 4.69) is 20.8 Å². The Bertz CT molecular complexity index is 705. The zero-order chi connectivity index (χ0) is 17.7. The van der Waals surface area contributed by atoms with E-state index in [1.807, 2.05) is 6.92 Å². The zero-order valence-corrected chi connectivity index (χ0v) is 14.5. The third-order valence-corrected chi connectivity index (χ3v) is 4.90. The van der Waals surface area contributed by atoms with Gasteiger partial charge in [-0.2, -0.15) is 13.2 Å². The molecule has 1 aromatic carbocycles. The smallest absolute Gasteiger partial charge is 0.360 e. The predicted octanol–water partition coefficient (Wildman–Crippen LogP) is 4.11. The van der Waals surface area contributed by atoms with Gasteiger partial charge in [0.25, 0.3) is 0 Å². The first-order valence-electron chi connectivity index (χ1n) is 7.01. The lowest BCUT2D eigenvalue weighted by Crippen LogP contribution is -2.22. The van der Waals surface area contributed by atoms with E-state index >= 15 is 0 Å². The molecule has 0 aliphatic rings. The number of halogens is 3. The number of alkyl halides is 3. The van der Waals surface area contributed by atoms with Crippen LogP contribution in [0.3, 0.4) is 0 Å². The van der Waals surface area contributed by atoms with Gasteiger partial charge in [-0.05, 0) is 32.0 Å². The van der Waals surface area contributed by atoms with Gasteiger partial charge in [-0.15, -0.1) is 10.2 Å². The topological polar surface area (TPSA) is 66.9 Å². The molecule has 0 fully saturated rings. The summed E-state index contributed by atoms with van der Waals surface area (Å²) in [4.78, 5) is 12.1. The van der Waals surface area contributed by atoms with Gasteiger partial charge < -0.3 is 10.6 Å². The van der Waals surface area contributed by atoms with Gasteiger partial charge in [0.05, 0.1) is 10.8 Å². The minimum atomic E-state index is -4.45. The highest BCUT2D eigenvalue weighted by molar-refractivity contribution is 8.02. The van der Waals surface area contributed by atoms with Crippen molar-refractivity contribution in [3.05, 3.63) is 29.8 Å². The largest absolute Gasteiger partial charge is 0.416 e. The van der Waals surface area contributed by atoms with Crippen molar-refractivity contribution in [3.8, 4) is 0 Å². The molecule has 0 aliphatic carbocycles. The Kier molecular flexibility index (Phi) is 6.05. The first-order chi connectivity index (χ1) is 11.3. The number of hydrogen-bond donors (Lipinski definition) is 2. The molecular formula is C14H15F3N4OS2. The number of nitrogens with zero attached hydrogens (tertiary/aromatic N) is 2. The summed E-state index contributed by atoms with van der Waals surface area (Å²) in [6.45, 7) is 4.30. The lowest BCUT2D eigenvalue weighted by molar-refractivity contribution is -0.137.